The number of halogens is 1. The molecule has 1 heterocycles. The van der Waals surface area contributed by atoms with Crippen molar-refractivity contribution < 1.29 is 4.79 Å². The quantitative estimate of drug-likeness (QED) is 0.600. The van der Waals surface area contributed by atoms with Crippen molar-refractivity contribution >= 4 is 29.3 Å². The van der Waals surface area contributed by atoms with E-state index in [2.05, 4.69) is 5.32 Å². The molecule has 1 fully saturated rings. The van der Waals surface area contributed by atoms with E-state index in [1.165, 1.54) is 12.8 Å². The van der Waals surface area contributed by atoms with Crippen LogP contribution in [0.25, 0.3) is 0 Å². The minimum absolute atomic E-state index is 0.201. The van der Waals surface area contributed by atoms with Gasteiger partial charge in [0.15, 0.2) is 0 Å². The molecule has 1 aliphatic rings. The molecule has 0 spiro atoms. The molecule has 0 aromatic rings. The Labute approximate surface area is 102 Å². The predicted molar refractivity (Wildman–Crippen MR) is 67.7 cm³/mol. The maximum Gasteiger partial charge on any atom is 0.233 e. The molecule has 1 saturated heterocycles. The second kappa shape index (κ2) is 7.39. The number of carbonyl (C=O) groups excluding carboxylic acids is 1. The minimum Gasteiger partial charge on any atom is -0.355 e. The van der Waals surface area contributed by atoms with Crippen LogP contribution < -0.4 is 5.32 Å². The highest BCUT2D eigenvalue weighted by molar-refractivity contribution is 8.00. The molecular formula is C11H20ClNOS. The fourth-order valence-electron chi connectivity index (χ4n) is 1.66. The zero-order chi connectivity index (χ0) is 11.1. The first-order valence-corrected chi connectivity index (χ1v) is 7.22. The van der Waals surface area contributed by atoms with Crippen LogP contribution in [0.3, 0.4) is 0 Å². The highest BCUT2D eigenvalue weighted by Crippen LogP contribution is 2.24. The van der Waals surface area contributed by atoms with E-state index in [1.54, 1.807) is 11.8 Å². The maximum absolute atomic E-state index is 11.7. The lowest BCUT2D eigenvalue weighted by atomic mass is 10.2. The van der Waals surface area contributed by atoms with Crippen LogP contribution in [0.4, 0.5) is 0 Å². The van der Waals surface area contributed by atoms with Gasteiger partial charge >= 0.3 is 0 Å². The number of rotatable bonds is 5. The number of alkyl halides is 1. The van der Waals surface area contributed by atoms with Gasteiger partial charge in [0.2, 0.25) is 5.91 Å². The highest BCUT2D eigenvalue weighted by Gasteiger charge is 2.20. The van der Waals surface area contributed by atoms with Crippen LogP contribution >= 0.6 is 23.4 Å². The molecule has 0 aromatic heterocycles. The van der Waals surface area contributed by atoms with E-state index in [4.69, 9.17) is 11.6 Å². The summed E-state index contributed by atoms with van der Waals surface area (Å²) in [6, 6.07) is 0. The molecule has 0 radical (unpaired) electrons. The standard InChI is InChI=1S/C11H20ClNOS/c1-9(12)5-4-7-13-11(14)10-6-2-3-8-15-10/h9-10H,2-8H2,1H3,(H,13,14). The Hall–Kier alpha value is 0.110. The van der Waals surface area contributed by atoms with Crippen molar-refractivity contribution in [2.75, 3.05) is 12.3 Å². The molecule has 2 atom stereocenters. The minimum atomic E-state index is 0.201. The Morgan fingerprint density at radius 1 is 1.60 bits per heavy atom. The third kappa shape index (κ3) is 5.67. The maximum atomic E-state index is 11.7. The van der Waals surface area contributed by atoms with Crippen molar-refractivity contribution in [3.63, 3.8) is 0 Å². The van der Waals surface area contributed by atoms with Gasteiger partial charge in [0.25, 0.3) is 0 Å². The molecule has 0 aromatic carbocycles. The second-order valence-corrected chi connectivity index (χ2v) is 6.12. The van der Waals surface area contributed by atoms with Crippen LogP contribution in [0.1, 0.15) is 39.0 Å². The van der Waals surface area contributed by atoms with Crippen molar-refractivity contribution in [3.8, 4) is 0 Å². The molecule has 4 heteroatoms. The SMILES string of the molecule is CC(Cl)CCCNC(=O)C1CCCCS1. The zero-order valence-electron chi connectivity index (χ0n) is 9.30. The molecule has 0 saturated carbocycles. The van der Waals surface area contributed by atoms with E-state index in [1.807, 2.05) is 6.92 Å². The second-order valence-electron chi connectivity index (χ2n) is 4.07. The summed E-state index contributed by atoms with van der Waals surface area (Å²) in [5, 5.41) is 3.40. The van der Waals surface area contributed by atoms with Crippen LogP contribution in [-0.2, 0) is 4.79 Å². The van der Waals surface area contributed by atoms with Gasteiger partial charge in [-0.25, -0.2) is 0 Å². The van der Waals surface area contributed by atoms with Gasteiger partial charge < -0.3 is 5.32 Å². The highest BCUT2D eigenvalue weighted by atomic mass is 35.5. The first kappa shape index (κ1) is 13.2. The van der Waals surface area contributed by atoms with Crippen molar-refractivity contribution in [1.82, 2.24) is 5.32 Å². The summed E-state index contributed by atoms with van der Waals surface area (Å²) in [5.41, 5.74) is 0. The Morgan fingerprint density at radius 2 is 2.40 bits per heavy atom. The van der Waals surface area contributed by atoms with Crippen LogP contribution in [0.2, 0.25) is 0 Å². The summed E-state index contributed by atoms with van der Waals surface area (Å²) >= 11 is 7.62. The van der Waals surface area contributed by atoms with Crippen LogP contribution in [0.15, 0.2) is 0 Å². The Kier molecular flexibility index (Phi) is 6.50. The smallest absolute Gasteiger partial charge is 0.233 e. The van der Waals surface area contributed by atoms with E-state index in [0.717, 1.165) is 31.6 Å². The lowest BCUT2D eigenvalue weighted by molar-refractivity contribution is -0.120. The van der Waals surface area contributed by atoms with E-state index in [0.29, 0.717) is 0 Å². The van der Waals surface area contributed by atoms with Gasteiger partial charge in [-0.1, -0.05) is 6.42 Å². The molecular weight excluding hydrogens is 230 g/mol. The van der Waals surface area contributed by atoms with Gasteiger partial charge in [0.1, 0.15) is 0 Å². The van der Waals surface area contributed by atoms with E-state index in [-0.39, 0.29) is 16.5 Å². The summed E-state index contributed by atoms with van der Waals surface area (Å²) in [4.78, 5) is 11.7. The Balaban J connectivity index is 2.07. The number of carbonyl (C=O) groups is 1. The van der Waals surface area contributed by atoms with E-state index >= 15 is 0 Å². The lowest BCUT2D eigenvalue weighted by Crippen LogP contribution is -2.34. The Morgan fingerprint density at radius 3 is 3.00 bits per heavy atom. The largest absolute Gasteiger partial charge is 0.355 e. The summed E-state index contributed by atoms with van der Waals surface area (Å²) in [5.74, 6) is 1.36. The van der Waals surface area contributed by atoms with E-state index in [9.17, 15) is 4.79 Å². The number of thioether (sulfide) groups is 1. The molecule has 15 heavy (non-hydrogen) atoms. The topological polar surface area (TPSA) is 29.1 Å². The lowest BCUT2D eigenvalue weighted by Gasteiger charge is -2.20. The zero-order valence-corrected chi connectivity index (χ0v) is 10.9. The first-order chi connectivity index (χ1) is 7.20. The van der Waals surface area contributed by atoms with Gasteiger partial charge in [0, 0.05) is 11.9 Å². The van der Waals surface area contributed by atoms with Crippen molar-refractivity contribution in [1.29, 1.82) is 0 Å². The van der Waals surface area contributed by atoms with Crippen LogP contribution in [0.5, 0.6) is 0 Å². The van der Waals surface area contributed by atoms with Gasteiger partial charge in [-0.05, 0) is 38.4 Å². The molecule has 2 unspecified atom stereocenters. The normalized spacial score (nSPS) is 23.5. The van der Waals surface area contributed by atoms with Gasteiger partial charge in [-0.15, -0.1) is 23.4 Å². The molecule has 1 rings (SSSR count). The van der Waals surface area contributed by atoms with E-state index < -0.39 is 0 Å². The Bertz CT molecular complexity index is 193. The molecule has 0 bridgehead atoms. The number of amides is 1. The fraction of sp³-hybridized carbons (Fsp3) is 0.909. The summed E-state index contributed by atoms with van der Waals surface area (Å²) in [6.07, 6.45) is 5.46. The number of hydrogen-bond acceptors (Lipinski definition) is 2. The molecule has 88 valence electrons. The third-order valence-electron chi connectivity index (χ3n) is 2.55. The van der Waals surface area contributed by atoms with Crippen molar-refractivity contribution in [3.05, 3.63) is 0 Å². The van der Waals surface area contributed by atoms with Crippen LogP contribution in [-0.4, -0.2) is 28.8 Å². The van der Waals surface area contributed by atoms with Gasteiger partial charge in [-0.3, -0.25) is 4.79 Å². The summed E-state index contributed by atoms with van der Waals surface area (Å²) < 4.78 is 0. The van der Waals surface area contributed by atoms with Crippen molar-refractivity contribution in [2.24, 2.45) is 0 Å². The average molecular weight is 250 g/mol. The molecule has 0 aliphatic carbocycles. The molecule has 1 N–H and O–H groups in total. The van der Waals surface area contributed by atoms with Gasteiger partial charge in [-0.2, -0.15) is 0 Å². The molecule has 1 amide bonds. The number of hydrogen-bond donors (Lipinski definition) is 1. The number of nitrogens with one attached hydrogen (secondary N) is 1. The predicted octanol–water partition coefficient (Wildman–Crippen LogP) is 2.80. The monoisotopic (exact) mass is 249 g/mol. The fourth-order valence-corrected chi connectivity index (χ4v) is 3.03. The summed E-state index contributed by atoms with van der Waals surface area (Å²) in [6.45, 7) is 2.76. The van der Waals surface area contributed by atoms with Crippen LogP contribution in [0, 0.1) is 0 Å². The van der Waals surface area contributed by atoms with Crippen molar-refractivity contribution in [2.45, 2.75) is 49.7 Å². The third-order valence-corrected chi connectivity index (χ3v) is 4.14. The first-order valence-electron chi connectivity index (χ1n) is 5.73. The molecule has 1 aliphatic heterocycles. The average Bonchev–Trinajstić information content (AvgIpc) is 2.25. The van der Waals surface area contributed by atoms with Gasteiger partial charge in [0.05, 0.1) is 5.25 Å². The molecule has 2 nitrogen and oxygen atoms in total. The summed E-state index contributed by atoms with van der Waals surface area (Å²) in [7, 11) is 0.